The highest BCUT2D eigenvalue weighted by atomic mass is 16.7. The second-order valence-corrected chi connectivity index (χ2v) is 18.7. The molecule has 0 bridgehead atoms. The normalized spacial score (nSPS) is 26.1. The molecule has 0 saturated carbocycles. The van der Waals surface area contributed by atoms with Crippen molar-refractivity contribution in [1.82, 2.24) is 0 Å². The van der Waals surface area contributed by atoms with Crippen LogP contribution in [0.15, 0.2) is 24.3 Å². The first-order valence-electron chi connectivity index (χ1n) is 26.4. The van der Waals surface area contributed by atoms with Crippen LogP contribution >= 0.6 is 0 Å². The summed E-state index contributed by atoms with van der Waals surface area (Å²) in [5, 5.41) is 72.1. The smallest absolute Gasteiger partial charge is 0.306 e. The second-order valence-electron chi connectivity index (χ2n) is 18.7. The van der Waals surface area contributed by atoms with E-state index >= 15 is 0 Å². The fourth-order valence-electron chi connectivity index (χ4n) is 8.31. The third kappa shape index (κ3) is 27.8. The number of ether oxygens (including phenoxy) is 6. The molecule has 392 valence electrons. The van der Waals surface area contributed by atoms with E-state index in [-0.39, 0.29) is 26.1 Å². The number of hydrogen-bond donors (Lipinski definition) is 7. The van der Waals surface area contributed by atoms with Crippen molar-refractivity contribution in [3.8, 4) is 0 Å². The van der Waals surface area contributed by atoms with E-state index in [1.807, 2.05) is 0 Å². The fourth-order valence-corrected chi connectivity index (χ4v) is 8.31. The van der Waals surface area contributed by atoms with Gasteiger partial charge in [-0.15, -0.1) is 0 Å². The average Bonchev–Trinajstić information content (AvgIpc) is 3.32. The Morgan fingerprint density at radius 3 is 1.42 bits per heavy atom. The molecule has 0 aromatic rings. The van der Waals surface area contributed by atoms with Crippen molar-refractivity contribution < 1.29 is 73.8 Å². The van der Waals surface area contributed by atoms with Crippen molar-refractivity contribution in [3.05, 3.63) is 24.3 Å². The summed E-state index contributed by atoms with van der Waals surface area (Å²) in [4.78, 5) is 25.8. The first-order chi connectivity index (χ1) is 32.5. The topological polar surface area (TPSA) is 231 Å². The van der Waals surface area contributed by atoms with Gasteiger partial charge in [0.15, 0.2) is 18.7 Å². The van der Waals surface area contributed by atoms with Crippen LogP contribution in [0.1, 0.15) is 200 Å². The standard InChI is InChI=1S/C52H94O15/c1-3-5-7-9-11-13-15-17-18-19-20-21-22-23-25-26-28-30-32-34-43(54)62-37-40(65-44(55)35-33-31-29-27-24-16-14-12-10-8-6-4-2)38-63-51-50(61)48(59)46(57)42(67-51)39-64-52-49(60)47(58)45(56)41(36-53)66-52/h11,13,17-18,40-42,45-53,56-61H,3-10,12,14-16,19-39H2,1-2H3/b13-11+,18-17+/t40-,41+,42+,45-,46-,47?,48?,49?,50?,51+,52+/m0/s1. The van der Waals surface area contributed by atoms with Crippen molar-refractivity contribution in [2.45, 2.75) is 268 Å². The number of unbranched alkanes of at least 4 members (excludes halogenated alkanes) is 23. The van der Waals surface area contributed by atoms with Gasteiger partial charge in [0.25, 0.3) is 0 Å². The van der Waals surface area contributed by atoms with E-state index in [0.717, 1.165) is 51.4 Å². The molecule has 15 heteroatoms. The highest BCUT2D eigenvalue weighted by Crippen LogP contribution is 2.26. The van der Waals surface area contributed by atoms with Gasteiger partial charge in [0.05, 0.1) is 19.8 Å². The van der Waals surface area contributed by atoms with Gasteiger partial charge in [-0.3, -0.25) is 9.59 Å². The number of rotatable bonds is 41. The lowest BCUT2D eigenvalue weighted by atomic mass is 9.98. The van der Waals surface area contributed by atoms with E-state index in [0.29, 0.717) is 12.8 Å². The maximum Gasteiger partial charge on any atom is 0.306 e. The molecule has 4 unspecified atom stereocenters. The molecule has 2 saturated heterocycles. The van der Waals surface area contributed by atoms with Crippen molar-refractivity contribution in [3.63, 3.8) is 0 Å². The Morgan fingerprint density at radius 1 is 0.478 bits per heavy atom. The molecule has 0 aromatic carbocycles. The molecule has 11 atom stereocenters. The minimum atomic E-state index is -1.76. The van der Waals surface area contributed by atoms with Crippen LogP contribution in [0.2, 0.25) is 0 Å². The molecule has 2 fully saturated rings. The maximum atomic E-state index is 13.0. The van der Waals surface area contributed by atoms with E-state index < -0.39 is 92.7 Å². The quantitative estimate of drug-likeness (QED) is 0.0178. The number of esters is 2. The number of allylic oxidation sites excluding steroid dienone is 4. The maximum absolute atomic E-state index is 13.0. The van der Waals surface area contributed by atoms with Crippen LogP contribution in [-0.4, -0.2) is 142 Å². The molecule has 0 aromatic heterocycles. The van der Waals surface area contributed by atoms with E-state index in [2.05, 4.69) is 38.2 Å². The van der Waals surface area contributed by atoms with Gasteiger partial charge in [-0.2, -0.15) is 0 Å². The highest BCUT2D eigenvalue weighted by molar-refractivity contribution is 5.70. The Morgan fingerprint density at radius 2 is 0.896 bits per heavy atom. The van der Waals surface area contributed by atoms with Crippen molar-refractivity contribution in [1.29, 1.82) is 0 Å². The van der Waals surface area contributed by atoms with Gasteiger partial charge in [-0.25, -0.2) is 0 Å². The van der Waals surface area contributed by atoms with Gasteiger partial charge in [0, 0.05) is 12.8 Å². The zero-order valence-electron chi connectivity index (χ0n) is 41.4. The average molecular weight is 959 g/mol. The zero-order valence-corrected chi connectivity index (χ0v) is 41.4. The lowest BCUT2D eigenvalue weighted by Crippen LogP contribution is -2.61. The Bertz CT molecular complexity index is 1270. The molecule has 15 nitrogen and oxygen atoms in total. The van der Waals surface area contributed by atoms with Gasteiger partial charge in [-0.05, 0) is 44.9 Å². The molecule has 67 heavy (non-hydrogen) atoms. The molecular formula is C52H94O15. The summed E-state index contributed by atoms with van der Waals surface area (Å²) in [7, 11) is 0. The van der Waals surface area contributed by atoms with E-state index in [9.17, 15) is 45.3 Å². The van der Waals surface area contributed by atoms with Crippen molar-refractivity contribution in [2.24, 2.45) is 0 Å². The lowest BCUT2D eigenvalue weighted by Gasteiger charge is -2.42. The highest BCUT2D eigenvalue weighted by Gasteiger charge is 2.47. The Hall–Kier alpha value is -2.02. The second kappa shape index (κ2) is 39.7. The summed E-state index contributed by atoms with van der Waals surface area (Å²) in [5.74, 6) is -0.923. The predicted molar refractivity (Wildman–Crippen MR) is 257 cm³/mol. The van der Waals surface area contributed by atoms with E-state index in [1.165, 1.54) is 109 Å². The SMILES string of the molecule is CCCCC/C=C/C/C=C/CCCCCCCCCCCC(=O)OC[C@@H](CO[C@@H]1O[C@H](CO[C@@H]2O[C@H](CO)[C@H](O)C(O)C2O)[C@H](O)C(O)C1O)OC(=O)CCCCCCCCCCCCCC. The fraction of sp³-hybridized carbons (Fsp3) is 0.885. The molecule has 2 rings (SSSR count). The van der Waals surface area contributed by atoms with Gasteiger partial charge < -0.3 is 64.2 Å². The summed E-state index contributed by atoms with van der Waals surface area (Å²) in [6, 6.07) is 0. The first-order valence-corrected chi connectivity index (χ1v) is 26.4. The largest absolute Gasteiger partial charge is 0.462 e. The van der Waals surface area contributed by atoms with Gasteiger partial charge in [-0.1, -0.05) is 167 Å². The molecule has 2 aliphatic rings. The number of aliphatic hydroxyl groups excluding tert-OH is 7. The molecule has 0 radical (unpaired) electrons. The van der Waals surface area contributed by atoms with Gasteiger partial charge >= 0.3 is 11.9 Å². The van der Waals surface area contributed by atoms with Crippen LogP contribution in [0.5, 0.6) is 0 Å². The Balaban J connectivity index is 1.78. The van der Waals surface area contributed by atoms with E-state index in [4.69, 9.17) is 28.4 Å². The van der Waals surface area contributed by atoms with Crippen LogP contribution in [0.3, 0.4) is 0 Å². The molecule has 0 amide bonds. The van der Waals surface area contributed by atoms with E-state index in [1.54, 1.807) is 0 Å². The summed E-state index contributed by atoms with van der Waals surface area (Å²) in [6.07, 6.45) is 23.5. The van der Waals surface area contributed by atoms with Crippen LogP contribution in [0.4, 0.5) is 0 Å². The zero-order chi connectivity index (χ0) is 48.9. The summed E-state index contributed by atoms with van der Waals surface area (Å²) < 4.78 is 33.6. The van der Waals surface area contributed by atoms with Crippen LogP contribution in [-0.2, 0) is 38.0 Å². The summed E-state index contributed by atoms with van der Waals surface area (Å²) in [5.41, 5.74) is 0. The predicted octanol–water partition coefficient (Wildman–Crippen LogP) is 7.55. The molecule has 2 aliphatic heterocycles. The first kappa shape index (κ1) is 61.1. The summed E-state index contributed by atoms with van der Waals surface area (Å²) in [6.45, 7) is 2.57. The monoisotopic (exact) mass is 959 g/mol. The molecule has 0 aliphatic carbocycles. The lowest BCUT2D eigenvalue weighted by molar-refractivity contribution is -0.332. The third-order valence-electron chi connectivity index (χ3n) is 12.7. The van der Waals surface area contributed by atoms with Gasteiger partial charge in [0.2, 0.25) is 0 Å². The molecular weight excluding hydrogens is 865 g/mol. The Kier molecular flexibility index (Phi) is 36.2. The van der Waals surface area contributed by atoms with Crippen LogP contribution in [0.25, 0.3) is 0 Å². The van der Waals surface area contributed by atoms with Crippen molar-refractivity contribution >= 4 is 11.9 Å². The molecule has 7 N–H and O–H groups in total. The number of carbonyl (C=O) groups excluding carboxylic acids is 2. The molecule has 2 heterocycles. The van der Waals surface area contributed by atoms with Crippen LogP contribution < -0.4 is 0 Å². The minimum Gasteiger partial charge on any atom is -0.462 e. The number of hydrogen-bond acceptors (Lipinski definition) is 15. The molecule has 0 spiro atoms. The number of aliphatic hydroxyl groups is 7. The summed E-state index contributed by atoms with van der Waals surface area (Å²) >= 11 is 0. The van der Waals surface area contributed by atoms with Crippen LogP contribution in [0, 0.1) is 0 Å². The van der Waals surface area contributed by atoms with Crippen molar-refractivity contribution in [2.75, 3.05) is 26.4 Å². The third-order valence-corrected chi connectivity index (χ3v) is 12.7. The number of carbonyl (C=O) groups is 2. The minimum absolute atomic E-state index is 0.168. The van der Waals surface area contributed by atoms with Gasteiger partial charge in [0.1, 0.15) is 55.4 Å². The Labute approximate surface area is 403 Å².